The lowest BCUT2D eigenvalue weighted by Gasteiger charge is -2.26. The van der Waals surface area contributed by atoms with Gasteiger partial charge in [-0.3, -0.25) is 4.99 Å². The van der Waals surface area contributed by atoms with E-state index in [9.17, 15) is 4.79 Å². The van der Waals surface area contributed by atoms with E-state index in [-0.39, 0.29) is 12.1 Å². The quantitative estimate of drug-likeness (QED) is 0.746. The fourth-order valence-corrected chi connectivity index (χ4v) is 3.62. The lowest BCUT2D eigenvalue weighted by atomic mass is 9.88. The van der Waals surface area contributed by atoms with Gasteiger partial charge in [-0.05, 0) is 58.3 Å². The lowest BCUT2D eigenvalue weighted by molar-refractivity contribution is 0.0280. The van der Waals surface area contributed by atoms with Crippen LogP contribution in [-0.2, 0) is 4.74 Å². The average Bonchev–Trinajstić information content (AvgIpc) is 2.93. The number of nitrogens with two attached hydrogens (primary N) is 1. The van der Waals surface area contributed by atoms with Gasteiger partial charge < -0.3 is 15.4 Å². The van der Waals surface area contributed by atoms with Gasteiger partial charge in [0.2, 0.25) is 0 Å². The van der Waals surface area contributed by atoms with E-state index in [1.165, 1.54) is 21.8 Å². The van der Waals surface area contributed by atoms with Gasteiger partial charge in [-0.15, -0.1) is 0 Å². The molecular formula is C20H30N4O2S. The number of nitrogen functional groups attached to an aromatic ring is 1. The molecule has 2 N–H and O–H groups in total. The molecule has 2 atom stereocenters. The maximum atomic E-state index is 12.1. The topological polar surface area (TPSA) is 80.8 Å². The molecule has 1 amide bonds. The van der Waals surface area contributed by atoms with Crippen molar-refractivity contribution in [1.82, 2.24) is 9.88 Å². The molecule has 7 heteroatoms. The van der Waals surface area contributed by atoms with Crippen molar-refractivity contribution in [3.05, 3.63) is 27.9 Å². The molecule has 6 nitrogen and oxygen atoms in total. The summed E-state index contributed by atoms with van der Waals surface area (Å²) in [5, 5.41) is 0.614. The van der Waals surface area contributed by atoms with Crippen molar-refractivity contribution in [2.45, 2.75) is 65.5 Å². The van der Waals surface area contributed by atoms with Gasteiger partial charge in [0.25, 0.3) is 0 Å². The molecule has 2 rings (SSSR count). The van der Waals surface area contributed by atoms with Crippen LogP contribution in [0.15, 0.2) is 22.3 Å². The van der Waals surface area contributed by atoms with Crippen molar-refractivity contribution >= 4 is 34.9 Å². The summed E-state index contributed by atoms with van der Waals surface area (Å²) >= 11 is 1.52. The third-order valence-electron chi connectivity index (χ3n) is 4.36. The van der Waals surface area contributed by atoms with E-state index in [1.807, 2.05) is 40.8 Å². The Morgan fingerprint density at radius 3 is 2.81 bits per heavy atom. The van der Waals surface area contributed by atoms with Gasteiger partial charge >= 0.3 is 6.09 Å². The molecule has 2 unspecified atom stereocenters. The number of ether oxygens (including phenoxy) is 1. The summed E-state index contributed by atoms with van der Waals surface area (Å²) in [6, 6.07) is -0.170. The summed E-state index contributed by atoms with van der Waals surface area (Å²) in [5.74, 6) is 0.345. The van der Waals surface area contributed by atoms with E-state index in [0.717, 1.165) is 22.6 Å². The number of allylic oxidation sites excluding steroid dienone is 2. The molecule has 0 spiro atoms. The van der Waals surface area contributed by atoms with Crippen LogP contribution in [0.2, 0.25) is 0 Å². The minimum atomic E-state index is -0.512. The lowest BCUT2D eigenvalue weighted by Crippen LogP contribution is -2.40. The number of hydrogen-bond acceptors (Lipinski definition) is 6. The Bertz CT molecular complexity index is 786. The molecule has 27 heavy (non-hydrogen) atoms. The first kappa shape index (κ1) is 21.2. The number of aromatic nitrogens is 1. The van der Waals surface area contributed by atoms with Crippen molar-refractivity contribution in [3.63, 3.8) is 0 Å². The van der Waals surface area contributed by atoms with Crippen LogP contribution < -0.4 is 5.73 Å². The summed E-state index contributed by atoms with van der Waals surface area (Å²) in [5.41, 5.74) is 8.76. The Balaban J connectivity index is 2.04. The Morgan fingerprint density at radius 1 is 1.52 bits per heavy atom. The standard InChI is InChI=1S/C20H30N4O2S/c1-12-8-15(9-16-17(12)23-18(21)27-16)13(2)10-22-11-14(3)24(7)19(25)26-20(4,5)6/h9-12,14H,8H2,1-7H3,(H2,21,23). The number of thiazole rings is 1. The van der Waals surface area contributed by atoms with Gasteiger partial charge in [-0.25, -0.2) is 9.78 Å². The number of carbonyl (C=O) groups excluding carboxylic acids is 1. The predicted octanol–water partition coefficient (Wildman–Crippen LogP) is 4.85. The van der Waals surface area contributed by atoms with Crippen LogP contribution in [-0.4, -0.2) is 40.9 Å². The van der Waals surface area contributed by atoms with Crippen molar-refractivity contribution in [3.8, 4) is 0 Å². The van der Waals surface area contributed by atoms with Crippen LogP contribution in [0.25, 0.3) is 6.08 Å². The normalized spacial score (nSPS) is 18.9. The second-order valence-corrected chi connectivity index (χ2v) is 9.08. The highest BCUT2D eigenvalue weighted by Gasteiger charge is 2.23. The molecule has 0 bridgehead atoms. The number of aliphatic imine (C=N–C) groups is 1. The van der Waals surface area contributed by atoms with Crippen LogP contribution >= 0.6 is 11.3 Å². The molecular weight excluding hydrogens is 360 g/mol. The third-order valence-corrected chi connectivity index (χ3v) is 5.21. The fourth-order valence-electron chi connectivity index (χ4n) is 2.70. The number of carbonyl (C=O) groups is 1. The van der Waals surface area contributed by atoms with Crippen molar-refractivity contribution in [2.24, 2.45) is 4.99 Å². The number of nitrogens with zero attached hydrogens (tertiary/aromatic N) is 3. The first-order valence-corrected chi connectivity index (χ1v) is 9.92. The summed E-state index contributed by atoms with van der Waals surface area (Å²) in [6.45, 7) is 11.7. The van der Waals surface area contributed by atoms with Crippen LogP contribution in [0, 0.1) is 0 Å². The maximum Gasteiger partial charge on any atom is 0.410 e. The molecule has 1 aliphatic carbocycles. The molecule has 0 saturated carbocycles. The average molecular weight is 391 g/mol. The molecule has 0 aromatic carbocycles. The predicted molar refractivity (Wildman–Crippen MR) is 113 cm³/mol. The van der Waals surface area contributed by atoms with Gasteiger partial charge in [0.15, 0.2) is 5.13 Å². The minimum Gasteiger partial charge on any atom is -0.444 e. The molecule has 1 aliphatic rings. The van der Waals surface area contributed by atoms with Gasteiger partial charge in [-0.2, -0.15) is 0 Å². The SMILES string of the molecule is CC(=CN=CC(C)N(C)C(=O)OC(C)(C)C)C1=Cc2sc(N)nc2C(C)C1. The zero-order valence-corrected chi connectivity index (χ0v) is 18.1. The van der Waals surface area contributed by atoms with Gasteiger partial charge in [-0.1, -0.05) is 18.3 Å². The zero-order valence-electron chi connectivity index (χ0n) is 17.2. The molecule has 0 radical (unpaired) electrons. The number of hydrogen-bond donors (Lipinski definition) is 1. The zero-order chi connectivity index (χ0) is 20.4. The number of anilines is 1. The Kier molecular flexibility index (Phi) is 6.46. The second-order valence-electron chi connectivity index (χ2n) is 8.02. The van der Waals surface area contributed by atoms with E-state index >= 15 is 0 Å². The number of amides is 1. The molecule has 0 saturated heterocycles. The highest BCUT2D eigenvalue weighted by molar-refractivity contribution is 7.16. The second kappa shape index (κ2) is 8.25. The van der Waals surface area contributed by atoms with Crippen molar-refractivity contribution in [2.75, 3.05) is 12.8 Å². The van der Waals surface area contributed by atoms with E-state index in [4.69, 9.17) is 10.5 Å². The molecule has 1 aromatic heterocycles. The maximum absolute atomic E-state index is 12.1. The number of rotatable bonds is 4. The Hall–Kier alpha value is -2.15. The van der Waals surface area contributed by atoms with E-state index in [0.29, 0.717) is 11.0 Å². The molecule has 148 valence electrons. The van der Waals surface area contributed by atoms with Crippen LogP contribution in [0.5, 0.6) is 0 Å². The molecule has 1 aromatic rings. The van der Waals surface area contributed by atoms with Crippen LogP contribution in [0.1, 0.15) is 64.5 Å². The Morgan fingerprint density at radius 2 is 2.19 bits per heavy atom. The van der Waals surface area contributed by atoms with Crippen molar-refractivity contribution < 1.29 is 9.53 Å². The summed E-state index contributed by atoms with van der Waals surface area (Å²) in [4.78, 5) is 23.6. The highest BCUT2D eigenvalue weighted by atomic mass is 32.1. The van der Waals surface area contributed by atoms with Crippen LogP contribution in [0.3, 0.4) is 0 Å². The van der Waals surface area contributed by atoms with E-state index < -0.39 is 5.60 Å². The van der Waals surface area contributed by atoms with E-state index in [1.54, 1.807) is 13.3 Å². The first-order valence-electron chi connectivity index (χ1n) is 9.11. The summed E-state index contributed by atoms with van der Waals surface area (Å²) in [6.07, 6.45) is 6.30. The van der Waals surface area contributed by atoms with Gasteiger partial charge in [0.05, 0.1) is 16.6 Å². The fraction of sp³-hybridized carbons (Fsp3) is 0.550. The van der Waals surface area contributed by atoms with Gasteiger partial charge in [0.1, 0.15) is 5.60 Å². The smallest absolute Gasteiger partial charge is 0.410 e. The number of fused-ring (bicyclic) bond motifs is 1. The molecule has 0 fully saturated rings. The van der Waals surface area contributed by atoms with Crippen LogP contribution in [0.4, 0.5) is 9.93 Å². The monoisotopic (exact) mass is 390 g/mol. The highest BCUT2D eigenvalue weighted by Crippen LogP contribution is 2.39. The molecule has 0 aliphatic heterocycles. The largest absolute Gasteiger partial charge is 0.444 e. The van der Waals surface area contributed by atoms with E-state index in [2.05, 4.69) is 23.0 Å². The summed E-state index contributed by atoms with van der Waals surface area (Å²) < 4.78 is 5.38. The van der Waals surface area contributed by atoms with Gasteiger partial charge in [0, 0.05) is 25.4 Å². The Labute approximate surface area is 165 Å². The first-order chi connectivity index (χ1) is 12.5. The summed E-state index contributed by atoms with van der Waals surface area (Å²) in [7, 11) is 1.71. The third kappa shape index (κ3) is 5.66. The van der Waals surface area contributed by atoms with Crippen molar-refractivity contribution in [1.29, 1.82) is 0 Å². The minimum absolute atomic E-state index is 0.170. The molecule has 1 heterocycles.